The van der Waals surface area contributed by atoms with Gasteiger partial charge in [0, 0.05) is 16.0 Å². The second-order valence-corrected chi connectivity index (χ2v) is 7.92. The van der Waals surface area contributed by atoms with Crippen molar-refractivity contribution >= 4 is 17.7 Å². The Morgan fingerprint density at radius 2 is 2.07 bits per heavy atom. The van der Waals surface area contributed by atoms with Gasteiger partial charge in [0.1, 0.15) is 23.7 Å². The fraction of sp³-hybridized carbons (Fsp3) is 0.318. The number of benzene rings is 2. The monoisotopic (exact) mass is 400 g/mol. The maximum Gasteiger partial charge on any atom is 0.343 e. The number of carbonyl (C=O) groups excluding carboxylic acids is 1. The van der Waals surface area contributed by atoms with Crippen molar-refractivity contribution in [1.82, 2.24) is 0 Å². The molecule has 1 unspecified atom stereocenters. The lowest BCUT2D eigenvalue weighted by atomic mass is 9.99. The molecule has 3 rings (SSSR count). The first-order valence-electron chi connectivity index (χ1n) is 8.91. The standard InChI is InChI=1S/C22H24O5S/c1-12(2)8-16(23)15-6-7-18-19(20(15)26-5)22(24)27-11-14-9-13(3)10-17(25-4)21(14)28-18/h6-7,9-10,16,23H,1,8,11H2,2-5H3. The highest BCUT2D eigenvalue weighted by molar-refractivity contribution is 7.99. The van der Waals surface area contributed by atoms with Crippen LogP contribution in [0.1, 0.15) is 46.5 Å². The molecule has 0 radical (unpaired) electrons. The number of hydrogen-bond acceptors (Lipinski definition) is 6. The Hall–Kier alpha value is -2.44. The van der Waals surface area contributed by atoms with Crippen LogP contribution in [-0.2, 0) is 11.3 Å². The van der Waals surface area contributed by atoms with Crippen molar-refractivity contribution in [2.75, 3.05) is 14.2 Å². The quantitative estimate of drug-likeness (QED) is 0.573. The third-order valence-corrected chi connectivity index (χ3v) is 5.75. The van der Waals surface area contributed by atoms with E-state index in [0.717, 1.165) is 27.3 Å². The third kappa shape index (κ3) is 3.88. The molecule has 0 saturated carbocycles. The van der Waals surface area contributed by atoms with Crippen molar-refractivity contribution in [1.29, 1.82) is 0 Å². The molecule has 0 aromatic heterocycles. The number of aryl methyl sites for hydroxylation is 1. The average Bonchev–Trinajstić information content (AvgIpc) is 2.64. The van der Waals surface area contributed by atoms with Crippen molar-refractivity contribution in [3.8, 4) is 11.5 Å². The summed E-state index contributed by atoms with van der Waals surface area (Å²) < 4.78 is 16.7. The van der Waals surface area contributed by atoms with E-state index >= 15 is 0 Å². The number of carbonyl (C=O) groups is 1. The molecule has 6 heteroatoms. The number of aliphatic hydroxyl groups excluding tert-OH is 1. The van der Waals surface area contributed by atoms with Gasteiger partial charge in [0.25, 0.3) is 0 Å². The zero-order chi connectivity index (χ0) is 20.4. The second-order valence-electron chi connectivity index (χ2n) is 6.87. The predicted molar refractivity (Wildman–Crippen MR) is 108 cm³/mol. The summed E-state index contributed by atoms with van der Waals surface area (Å²) >= 11 is 1.44. The number of hydrogen-bond donors (Lipinski definition) is 1. The largest absolute Gasteiger partial charge is 0.496 e. The highest BCUT2D eigenvalue weighted by Crippen LogP contribution is 2.45. The van der Waals surface area contributed by atoms with Gasteiger partial charge in [-0.1, -0.05) is 29.5 Å². The Kier molecular flexibility index (Phi) is 6.01. The van der Waals surface area contributed by atoms with Gasteiger partial charge in [-0.15, -0.1) is 6.58 Å². The Morgan fingerprint density at radius 3 is 2.71 bits per heavy atom. The van der Waals surface area contributed by atoms with Crippen molar-refractivity contribution in [3.05, 3.63) is 58.7 Å². The van der Waals surface area contributed by atoms with E-state index in [-0.39, 0.29) is 6.61 Å². The number of rotatable bonds is 5. The Bertz CT molecular complexity index is 935. The molecule has 0 fully saturated rings. The van der Waals surface area contributed by atoms with E-state index in [1.54, 1.807) is 13.2 Å². The number of methoxy groups -OCH3 is 2. The lowest BCUT2D eigenvalue weighted by Gasteiger charge is -2.23. The predicted octanol–water partition coefficient (Wildman–Crippen LogP) is 4.83. The van der Waals surface area contributed by atoms with Crippen molar-refractivity contribution in [3.63, 3.8) is 0 Å². The van der Waals surface area contributed by atoms with E-state index in [0.29, 0.717) is 28.2 Å². The molecule has 148 valence electrons. The highest BCUT2D eigenvalue weighted by Gasteiger charge is 2.29. The van der Waals surface area contributed by atoms with Gasteiger partial charge in [-0.05, 0) is 38.0 Å². The Balaban J connectivity index is 2.15. The van der Waals surface area contributed by atoms with Crippen molar-refractivity contribution in [2.45, 2.75) is 42.8 Å². The summed E-state index contributed by atoms with van der Waals surface area (Å²) in [5.74, 6) is 0.586. The normalized spacial score (nSPS) is 14.1. The van der Waals surface area contributed by atoms with E-state index in [4.69, 9.17) is 14.2 Å². The topological polar surface area (TPSA) is 65.0 Å². The summed E-state index contributed by atoms with van der Waals surface area (Å²) in [6.45, 7) is 7.80. The molecule has 0 aliphatic carbocycles. The third-order valence-electron chi connectivity index (χ3n) is 4.53. The van der Waals surface area contributed by atoms with Crippen LogP contribution in [0, 0.1) is 6.92 Å². The fourth-order valence-electron chi connectivity index (χ4n) is 3.29. The SMILES string of the molecule is C=C(C)CC(O)c1ccc2c(c1OC)C(=O)OCc1cc(C)cc(OC)c1S2. The molecule has 1 aliphatic rings. The Morgan fingerprint density at radius 1 is 1.32 bits per heavy atom. The van der Waals surface area contributed by atoms with E-state index in [1.807, 2.05) is 32.0 Å². The van der Waals surface area contributed by atoms with Gasteiger partial charge in [-0.3, -0.25) is 0 Å². The average molecular weight is 400 g/mol. The lowest BCUT2D eigenvalue weighted by molar-refractivity contribution is 0.0458. The first kappa shape index (κ1) is 20.3. The summed E-state index contributed by atoms with van der Waals surface area (Å²) in [4.78, 5) is 14.4. The minimum Gasteiger partial charge on any atom is -0.496 e. The number of fused-ring (bicyclic) bond motifs is 2. The molecule has 0 spiro atoms. The zero-order valence-electron chi connectivity index (χ0n) is 16.5. The number of esters is 1. The van der Waals surface area contributed by atoms with Crippen LogP contribution in [0.4, 0.5) is 0 Å². The summed E-state index contributed by atoms with van der Waals surface area (Å²) in [6, 6.07) is 7.55. The molecule has 0 saturated heterocycles. The van der Waals surface area contributed by atoms with Crippen LogP contribution in [0.3, 0.4) is 0 Å². The number of cyclic esters (lactones) is 1. The maximum absolute atomic E-state index is 12.8. The molecule has 1 heterocycles. The van der Waals surface area contributed by atoms with Crippen molar-refractivity contribution < 1.29 is 24.1 Å². The minimum absolute atomic E-state index is 0.139. The van der Waals surface area contributed by atoms with Gasteiger partial charge in [0.15, 0.2) is 0 Å². The van der Waals surface area contributed by atoms with Crippen LogP contribution in [0.15, 0.2) is 46.2 Å². The molecule has 1 N–H and O–H groups in total. The molecule has 1 atom stereocenters. The van der Waals surface area contributed by atoms with Gasteiger partial charge in [-0.25, -0.2) is 4.79 Å². The minimum atomic E-state index is -0.814. The summed E-state index contributed by atoms with van der Waals surface area (Å²) in [5, 5.41) is 10.6. The maximum atomic E-state index is 12.8. The molecule has 0 bridgehead atoms. The Labute approximate surface area is 169 Å². The molecular weight excluding hydrogens is 376 g/mol. The first-order valence-corrected chi connectivity index (χ1v) is 9.73. The van der Waals surface area contributed by atoms with Crippen LogP contribution in [-0.4, -0.2) is 25.3 Å². The number of aliphatic hydroxyl groups is 1. The van der Waals surface area contributed by atoms with Crippen LogP contribution in [0.5, 0.6) is 11.5 Å². The molecule has 28 heavy (non-hydrogen) atoms. The summed E-state index contributed by atoms with van der Waals surface area (Å²) in [7, 11) is 3.11. The van der Waals surface area contributed by atoms with Crippen LogP contribution in [0.25, 0.3) is 0 Å². The first-order chi connectivity index (χ1) is 13.3. The van der Waals surface area contributed by atoms with Crippen LogP contribution >= 0.6 is 11.8 Å². The second kappa shape index (κ2) is 8.29. The fourth-order valence-corrected chi connectivity index (χ4v) is 4.42. The van der Waals surface area contributed by atoms with Crippen molar-refractivity contribution in [2.24, 2.45) is 0 Å². The van der Waals surface area contributed by atoms with Gasteiger partial charge in [-0.2, -0.15) is 0 Å². The smallest absolute Gasteiger partial charge is 0.343 e. The van der Waals surface area contributed by atoms with Crippen LogP contribution < -0.4 is 9.47 Å². The van der Waals surface area contributed by atoms with E-state index in [1.165, 1.54) is 18.9 Å². The molecular formula is C22H24O5S. The molecule has 0 amide bonds. The molecule has 5 nitrogen and oxygen atoms in total. The van der Waals surface area contributed by atoms with E-state index < -0.39 is 12.1 Å². The van der Waals surface area contributed by atoms with E-state index in [2.05, 4.69) is 6.58 Å². The van der Waals surface area contributed by atoms with Crippen LogP contribution in [0.2, 0.25) is 0 Å². The molecule has 2 aromatic rings. The van der Waals surface area contributed by atoms with Gasteiger partial charge < -0.3 is 19.3 Å². The highest BCUT2D eigenvalue weighted by atomic mass is 32.2. The van der Waals surface area contributed by atoms with Gasteiger partial charge in [0.05, 0.1) is 25.2 Å². The van der Waals surface area contributed by atoms with Gasteiger partial charge in [0.2, 0.25) is 0 Å². The van der Waals surface area contributed by atoms with E-state index in [9.17, 15) is 9.90 Å². The molecule has 2 aromatic carbocycles. The van der Waals surface area contributed by atoms with Gasteiger partial charge >= 0.3 is 5.97 Å². The number of ether oxygens (including phenoxy) is 3. The zero-order valence-corrected chi connectivity index (χ0v) is 17.3. The summed E-state index contributed by atoms with van der Waals surface area (Å²) in [5.41, 5.74) is 3.62. The lowest BCUT2D eigenvalue weighted by Crippen LogP contribution is -2.14. The molecule has 1 aliphatic heterocycles. The summed E-state index contributed by atoms with van der Waals surface area (Å²) in [6.07, 6.45) is -0.432.